The number of thiophene rings is 1. The highest BCUT2D eigenvalue weighted by Crippen LogP contribution is 2.25. The molecule has 0 fully saturated rings. The average Bonchev–Trinajstić information content (AvgIpc) is 2.84. The van der Waals surface area contributed by atoms with E-state index in [9.17, 15) is 14.7 Å². The van der Waals surface area contributed by atoms with Crippen molar-refractivity contribution in [3.63, 3.8) is 0 Å². The lowest BCUT2D eigenvalue weighted by atomic mass is 9.94. The zero-order valence-electron chi connectivity index (χ0n) is 12.8. The van der Waals surface area contributed by atoms with Crippen molar-refractivity contribution in [3.8, 4) is 0 Å². The Hall–Kier alpha value is -2.14. The summed E-state index contributed by atoms with van der Waals surface area (Å²) in [6, 6.07) is 8.63. The molecule has 1 heterocycles. The van der Waals surface area contributed by atoms with Gasteiger partial charge in [-0.25, -0.2) is 0 Å². The standard InChI is InChI=1S/C17H19NO3S/c1-10-12(3)22-9-14(10)16(19)18-15(11(2)17(20)21)13-7-5-4-6-8-13/h4-9,11,15H,1-3H3,(H,18,19)(H,20,21). The van der Waals surface area contributed by atoms with Gasteiger partial charge in [-0.05, 0) is 31.9 Å². The van der Waals surface area contributed by atoms with E-state index in [0.29, 0.717) is 5.56 Å². The molecule has 5 heteroatoms. The molecule has 0 spiro atoms. The molecule has 0 aliphatic carbocycles. The quantitative estimate of drug-likeness (QED) is 0.886. The smallest absolute Gasteiger partial charge is 0.308 e. The van der Waals surface area contributed by atoms with Gasteiger partial charge in [-0.1, -0.05) is 30.3 Å². The molecule has 0 bridgehead atoms. The van der Waals surface area contributed by atoms with Crippen molar-refractivity contribution in [3.05, 3.63) is 57.3 Å². The fraction of sp³-hybridized carbons (Fsp3) is 0.294. The summed E-state index contributed by atoms with van der Waals surface area (Å²) in [4.78, 5) is 24.9. The topological polar surface area (TPSA) is 66.4 Å². The lowest BCUT2D eigenvalue weighted by Gasteiger charge is -2.23. The highest BCUT2D eigenvalue weighted by molar-refractivity contribution is 7.10. The van der Waals surface area contributed by atoms with Gasteiger partial charge in [0.2, 0.25) is 0 Å². The number of benzene rings is 1. The number of amides is 1. The van der Waals surface area contributed by atoms with Gasteiger partial charge in [0.25, 0.3) is 5.91 Å². The second-order valence-electron chi connectivity index (χ2n) is 5.32. The molecule has 2 aromatic rings. The van der Waals surface area contributed by atoms with Crippen LogP contribution in [0.15, 0.2) is 35.7 Å². The largest absolute Gasteiger partial charge is 0.481 e. The van der Waals surface area contributed by atoms with Gasteiger partial charge in [0.1, 0.15) is 0 Å². The number of carboxylic acid groups (broad SMARTS) is 1. The summed E-state index contributed by atoms with van der Waals surface area (Å²) >= 11 is 1.52. The van der Waals surface area contributed by atoms with Crippen LogP contribution >= 0.6 is 11.3 Å². The monoisotopic (exact) mass is 317 g/mol. The van der Waals surface area contributed by atoms with E-state index in [-0.39, 0.29) is 5.91 Å². The van der Waals surface area contributed by atoms with Crippen molar-refractivity contribution in [1.82, 2.24) is 5.32 Å². The van der Waals surface area contributed by atoms with Crippen LogP contribution < -0.4 is 5.32 Å². The minimum Gasteiger partial charge on any atom is -0.481 e. The van der Waals surface area contributed by atoms with Crippen molar-refractivity contribution in [2.75, 3.05) is 0 Å². The number of carbonyl (C=O) groups excluding carboxylic acids is 1. The molecule has 1 amide bonds. The molecule has 22 heavy (non-hydrogen) atoms. The average molecular weight is 317 g/mol. The number of hydrogen-bond acceptors (Lipinski definition) is 3. The van der Waals surface area contributed by atoms with E-state index in [4.69, 9.17) is 0 Å². The van der Waals surface area contributed by atoms with Crippen LogP contribution in [-0.4, -0.2) is 17.0 Å². The third-order valence-electron chi connectivity index (χ3n) is 3.87. The van der Waals surface area contributed by atoms with E-state index >= 15 is 0 Å². The zero-order valence-corrected chi connectivity index (χ0v) is 13.6. The highest BCUT2D eigenvalue weighted by atomic mass is 32.1. The van der Waals surface area contributed by atoms with Gasteiger partial charge in [0.05, 0.1) is 17.5 Å². The summed E-state index contributed by atoms with van der Waals surface area (Å²) in [6.45, 7) is 5.47. The number of carboxylic acids is 1. The first-order valence-corrected chi connectivity index (χ1v) is 7.93. The Labute approximate surface area is 133 Å². The van der Waals surface area contributed by atoms with Gasteiger partial charge in [-0.15, -0.1) is 11.3 Å². The number of aryl methyl sites for hydroxylation is 1. The van der Waals surface area contributed by atoms with E-state index in [0.717, 1.165) is 16.0 Å². The Balaban J connectivity index is 2.29. The summed E-state index contributed by atoms with van der Waals surface area (Å²) in [5.41, 5.74) is 2.34. The Kier molecular flexibility index (Phi) is 4.98. The number of aliphatic carboxylic acids is 1. The molecule has 1 aromatic heterocycles. The molecule has 2 rings (SSSR count). The lowest BCUT2D eigenvalue weighted by molar-refractivity contribution is -0.142. The summed E-state index contributed by atoms with van der Waals surface area (Å²) in [7, 11) is 0. The molecule has 2 unspecified atom stereocenters. The molecule has 0 radical (unpaired) electrons. The molecule has 4 nitrogen and oxygen atoms in total. The van der Waals surface area contributed by atoms with Crippen LogP contribution in [0.3, 0.4) is 0 Å². The second kappa shape index (κ2) is 6.75. The van der Waals surface area contributed by atoms with Gasteiger partial charge < -0.3 is 10.4 Å². The fourth-order valence-corrected chi connectivity index (χ4v) is 3.12. The maximum atomic E-state index is 12.5. The number of rotatable bonds is 5. The van der Waals surface area contributed by atoms with Gasteiger partial charge >= 0.3 is 5.97 Å². The van der Waals surface area contributed by atoms with E-state index in [1.165, 1.54) is 11.3 Å². The molecule has 116 valence electrons. The number of hydrogen-bond donors (Lipinski definition) is 2. The van der Waals surface area contributed by atoms with Crippen molar-refractivity contribution < 1.29 is 14.7 Å². The normalized spacial score (nSPS) is 13.4. The predicted molar refractivity (Wildman–Crippen MR) is 87.2 cm³/mol. The van der Waals surface area contributed by atoms with E-state index in [2.05, 4.69) is 5.32 Å². The summed E-state index contributed by atoms with van der Waals surface area (Å²) in [5.74, 6) is -1.89. The zero-order chi connectivity index (χ0) is 16.3. The van der Waals surface area contributed by atoms with Crippen LogP contribution in [0.4, 0.5) is 0 Å². The van der Waals surface area contributed by atoms with E-state index < -0.39 is 17.9 Å². The SMILES string of the molecule is Cc1scc(C(=O)NC(c2ccccc2)C(C)C(=O)O)c1C. The minimum atomic E-state index is -0.938. The molecule has 1 aromatic carbocycles. The third kappa shape index (κ3) is 3.36. The maximum absolute atomic E-state index is 12.5. The summed E-state index contributed by atoms with van der Waals surface area (Å²) < 4.78 is 0. The minimum absolute atomic E-state index is 0.233. The Bertz CT molecular complexity index is 678. The van der Waals surface area contributed by atoms with Gasteiger partial charge in [0.15, 0.2) is 0 Å². The molecular formula is C17H19NO3S. The van der Waals surface area contributed by atoms with Gasteiger partial charge in [0, 0.05) is 10.3 Å². The van der Waals surface area contributed by atoms with Crippen LogP contribution in [0.25, 0.3) is 0 Å². The number of nitrogens with one attached hydrogen (secondary N) is 1. The highest BCUT2D eigenvalue weighted by Gasteiger charge is 2.27. The van der Waals surface area contributed by atoms with Crippen LogP contribution in [0.5, 0.6) is 0 Å². The number of carbonyl (C=O) groups is 2. The molecule has 0 aliphatic heterocycles. The van der Waals surface area contributed by atoms with Crippen LogP contribution in [0.2, 0.25) is 0 Å². The first kappa shape index (κ1) is 16.2. The van der Waals surface area contributed by atoms with Crippen LogP contribution in [0, 0.1) is 19.8 Å². The lowest BCUT2D eigenvalue weighted by Crippen LogP contribution is -2.35. The Morgan fingerprint density at radius 2 is 1.82 bits per heavy atom. The third-order valence-corrected chi connectivity index (χ3v) is 4.88. The summed E-state index contributed by atoms with van der Waals surface area (Å²) in [6.07, 6.45) is 0. The van der Waals surface area contributed by atoms with Gasteiger partial charge in [-0.3, -0.25) is 9.59 Å². The van der Waals surface area contributed by atoms with Crippen molar-refractivity contribution in [2.45, 2.75) is 26.8 Å². The molecular weight excluding hydrogens is 298 g/mol. The molecule has 0 aliphatic rings. The Morgan fingerprint density at radius 1 is 1.18 bits per heavy atom. The van der Waals surface area contributed by atoms with Crippen molar-refractivity contribution in [1.29, 1.82) is 0 Å². The van der Waals surface area contributed by atoms with Crippen molar-refractivity contribution in [2.24, 2.45) is 5.92 Å². The van der Waals surface area contributed by atoms with Crippen LogP contribution in [0.1, 0.15) is 39.3 Å². The molecule has 0 saturated heterocycles. The second-order valence-corrected chi connectivity index (χ2v) is 6.40. The predicted octanol–water partition coefficient (Wildman–Crippen LogP) is 3.56. The first-order chi connectivity index (χ1) is 10.4. The molecule has 2 N–H and O–H groups in total. The maximum Gasteiger partial charge on any atom is 0.308 e. The fourth-order valence-electron chi connectivity index (χ4n) is 2.26. The van der Waals surface area contributed by atoms with E-state index in [1.807, 2.05) is 49.6 Å². The Morgan fingerprint density at radius 3 is 2.32 bits per heavy atom. The summed E-state index contributed by atoms with van der Waals surface area (Å²) in [5, 5.41) is 14.0. The molecule has 2 atom stereocenters. The molecule has 0 saturated carbocycles. The van der Waals surface area contributed by atoms with Gasteiger partial charge in [-0.2, -0.15) is 0 Å². The first-order valence-electron chi connectivity index (χ1n) is 7.05. The van der Waals surface area contributed by atoms with Crippen molar-refractivity contribution >= 4 is 23.2 Å². The van der Waals surface area contributed by atoms with Crippen LogP contribution in [-0.2, 0) is 4.79 Å². The van der Waals surface area contributed by atoms with E-state index in [1.54, 1.807) is 6.92 Å².